The third kappa shape index (κ3) is 4.85. The molecule has 0 unspecified atom stereocenters. The van der Waals surface area contributed by atoms with Crippen molar-refractivity contribution >= 4 is 43.7 Å². The lowest BCUT2D eigenvalue weighted by Gasteiger charge is -2.14. The molecule has 0 radical (unpaired) electrons. The van der Waals surface area contributed by atoms with Crippen LogP contribution in [-0.2, 0) is 10.0 Å². The predicted molar refractivity (Wildman–Crippen MR) is 151 cm³/mol. The molecule has 36 heavy (non-hydrogen) atoms. The molecule has 0 saturated carbocycles. The summed E-state index contributed by atoms with van der Waals surface area (Å²) in [5.41, 5.74) is 7.63. The fourth-order valence-electron chi connectivity index (χ4n) is 4.77. The molecule has 4 aromatic carbocycles. The lowest BCUT2D eigenvalue weighted by Crippen LogP contribution is -2.14. The predicted octanol–water partition coefficient (Wildman–Crippen LogP) is 6.92. The van der Waals surface area contributed by atoms with Gasteiger partial charge in [-0.25, -0.2) is 8.42 Å². The van der Waals surface area contributed by atoms with Crippen molar-refractivity contribution in [3.05, 3.63) is 113 Å². The van der Waals surface area contributed by atoms with Crippen molar-refractivity contribution in [1.29, 1.82) is 0 Å². The molecule has 0 atom stereocenters. The van der Waals surface area contributed by atoms with Crippen molar-refractivity contribution in [2.75, 3.05) is 25.4 Å². The molecule has 4 nitrogen and oxygen atoms in total. The molecule has 1 aliphatic carbocycles. The number of sulfonamides is 1. The van der Waals surface area contributed by atoms with E-state index in [4.69, 9.17) is 0 Å². The summed E-state index contributed by atoms with van der Waals surface area (Å²) in [5.74, 6) is 0. The monoisotopic (exact) mass is 494 g/mol. The third-order valence-electron chi connectivity index (χ3n) is 6.69. The molecule has 5 rings (SSSR count). The van der Waals surface area contributed by atoms with Gasteiger partial charge in [0.25, 0.3) is 10.0 Å². The Kier molecular flexibility index (Phi) is 6.52. The van der Waals surface area contributed by atoms with E-state index in [0.29, 0.717) is 5.69 Å². The number of hydrogen-bond donors (Lipinski definition) is 1. The van der Waals surface area contributed by atoms with Crippen molar-refractivity contribution in [3.8, 4) is 0 Å². The summed E-state index contributed by atoms with van der Waals surface area (Å²) < 4.78 is 29.4. The minimum Gasteiger partial charge on any atom is -0.309 e. The molecule has 5 heteroatoms. The van der Waals surface area contributed by atoms with Crippen LogP contribution in [0.25, 0.3) is 28.0 Å². The van der Waals surface area contributed by atoms with Crippen molar-refractivity contribution < 1.29 is 8.42 Å². The summed E-state index contributed by atoms with van der Waals surface area (Å²) in [7, 11) is 0.410. The summed E-state index contributed by atoms with van der Waals surface area (Å²) in [6.07, 6.45) is 3.11. The molecule has 0 heterocycles. The first-order chi connectivity index (χ1) is 17.3. The van der Waals surface area contributed by atoms with Crippen molar-refractivity contribution in [1.82, 2.24) is 4.90 Å². The molecule has 0 saturated heterocycles. The van der Waals surface area contributed by atoms with Gasteiger partial charge in [-0.2, -0.15) is 0 Å². The summed E-state index contributed by atoms with van der Waals surface area (Å²) >= 11 is 0. The van der Waals surface area contributed by atoms with Gasteiger partial charge in [-0.3, -0.25) is 4.72 Å². The molecular formula is C31H30N2O2S. The van der Waals surface area contributed by atoms with Gasteiger partial charge in [0, 0.05) is 12.2 Å². The third-order valence-corrected chi connectivity index (χ3v) is 8.07. The van der Waals surface area contributed by atoms with Gasteiger partial charge in [0.05, 0.1) is 4.90 Å². The minimum absolute atomic E-state index is 0.255. The maximum atomic E-state index is 13.3. The van der Waals surface area contributed by atoms with Crippen LogP contribution in [0.5, 0.6) is 0 Å². The molecule has 182 valence electrons. The number of nitrogens with zero attached hydrogens (tertiary/aromatic N) is 1. The molecule has 0 aliphatic heterocycles. The number of rotatable bonds is 7. The van der Waals surface area contributed by atoms with Crippen LogP contribution < -0.4 is 4.72 Å². The summed E-state index contributed by atoms with van der Waals surface area (Å²) in [5, 5.41) is 1.91. The Balaban J connectivity index is 1.52. The first-order valence-electron chi connectivity index (χ1n) is 12.1. The highest BCUT2D eigenvalue weighted by Crippen LogP contribution is 2.44. The van der Waals surface area contributed by atoms with Crippen LogP contribution >= 0.6 is 0 Å². The summed E-state index contributed by atoms with van der Waals surface area (Å²) in [6, 6.07) is 29.2. The van der Waals surface area contributed by atoms with Gasteiger partial charge in [-0.1, -0.05) is 66.7 Å². The van der Waals surface area contributed by atoms with E-state index in [1.54, 1.807) is 12.1 Å². The molecule has 4 aromatic rings. The first kappa shape index (κ1) is 24.0. The zero-order valence-electron chi connectivity index (χ0n) is 20.8. The Morgan fingerprint density at radius 1 is 0.806 bits per heavy atom. The summed E-state index contributed by atoms with van der Waals surface area (Å²) in [4.78, 5) is 2.43. The van der Waals surface area contributed by atoms with E-state index in [2.05, 4.69) is 48.8 Å². The van der Waals surface area contributed by atoms with Crippen LogP contribution in [0.3, 0.4) is 0 Å². The molecule has 0 bridgehead atoms. The fraction of sp³-hybridized carbons (Fsp3) is 0.161. The number of fused-ring (bicyclic) bond motifs is 2. The second-order valence-corrected chi connectivity index (χ2v) is 11.2. The Morgan fingerprint density at radius 2 is 1.53 bits per heavy atom. The molecule has 0 spiro atoms. The standard InChI is InChI=1S/C31H30N2O2S/c1-22-28(17-18-33(2)3)31-21-26(14-16-29(31)30(22)19-23-9-5-4-6-10-23)32-36(34,35)27-15-13-24-11-7-8-12-25(24)20-27/h4-16,19-21,32H,17-18H2,1-3H3/b30-19+. The molecule has 0 amide bonds. The van der Waals surface area contributed by atoms with Gasteiger partial charge in [-0.05, 0) is 102 Å². The zero-order valence-corrected chi connectivity index (χ0v) is 21.6. The Morgan fingerprint density at radius 3 is 2.28 bits per heavy atom. The topological polar surface area (TPSA) is 49.4 Å². The Bertz CT molecular complexity index is 1600. The van der Waals surface area contributed by atoms with Gasteiger partial charge in [0.15, 0.2) is 0 Å². The molecular weight excluding hydrogens is 464 g/mol. The van der Waals surface area contributed by atoms with E-state index in [9.17, 15) is 8.42 Å². The van der Waals surface area contributed by atoms with E-state index in [0.717, 1.165) is 40.4 Å². The second-order valence-electron chi connectivity index (χ2n) is 9.50. The number of benzene rings is 4. The average molecular weight is 495 g/mol. The SMILES string of the molecule is CC1=C(CCN(C)C)c2cc(NS(=O)(=O)c3ccc4ccccc4c3)ccc2/C1=C/c1ccccc1. The lowest BCUT2D eigenvalue weighted by molar-refractivity contribution is 0.419. The van der Waals surface area contributed by atoms with E-state index < -0.39 is 10.0 Å². The molecule has 1 aliphatic rings. The van der Waals surface area contributed by atoms with Crippen LogP contribution in [0.2, 0.25) is 0 Å². The van der Waals surface area contributed by atoms with Crippen molar-refractivity contribution in [2.45, 2.75) is 18.2 Å². The maximum absolute atomic E-state index is 13.3. The Labute approximate surface area is 213 Å². The smallest absolute Gasteiger partial charge is 0.261 e. The van der Waals surface area contributed by atoms with E-state index in [1.165, 1.54) is 16.7 Å². The van der Waals surface area contributed by atoms with E-state index >= 15 is 0 Å². The Hall–Kier alpha value is -3.67. The van der Waals surface area contributed by atoms with Crippen LogP contribution in [0.4, 0.5) is 5.69 Å². The van der Waals surface area contributed by atoms with Crippen LogP contribution in [0.15, 0.2) is 101 Å². The number of allylic oxidation sites excluding steroid dienone is 2. The largest absolute Gasteiger partial charge is 0.309 e. The lowest BCUT2D eigenvalue weighted by atomic mass is 10.00. The highest BCUT2D eigenvalue weighted by atomic mass is 32.2. The molecule has 1 N–H and O–H groups in total. The normalized spacial score (nSPS) is 14.6. The van der Waals surface area contributed by atoms with Crippen molar-refractivity contribution in [2.24, 2.45) is 0 Å². The summed E-state index contributed by atoms with van der Waals surface area (Å²) in [6.45, 7) is 3.08. The first-order valence-corrected chi connectivity index (χ1v) is 13.6. The average Bonchev–Trinajstić information content (AvgIpc) is 3.12. The highest BCUT2D eigenvalue weighted by Gasteiger charge is 2.25. The zero-order chi connectivity index (χ0) is 25.3. The fourth-order valence-corrected chi connectivity index (χ4v) is 5.85. The van der Waals surface area contributed by atoms with Gasteiger partial charge in [0.2, 0.25) is 0 Å². The maximum Gasteiger partial charge on any atom is 0.261 e. The quantitative estimate of drug-likeness (QED) is 0.303. The highest BCUT2D eigenvalue weighted by molar-refractivity contribution is 7.92. The van der Waals surface area contributed by atoms with Crippen molar-refractivity contribution in [3.63, 3.8) is 0 Å². The van der Waals surface area contributed by atoms with Crippen LogP contribution in [0.1, 0.15) is 30.0 Å². The second kappa shape index (κ2) is 9.76. The molecule has 0 aromatic heterocycles. The number of hydrogen-bond acceptors (Lipinski definition) is 3. The van der Waals surface area contributed by atoms with Gasteiger partial charge >= 0.3 is 0 Å². The van der Waals surface area contributed by atoms with E-state index in [1.807, 2.05) is 66.7 Å². The van der Waals surface area contributed by atoms with Crippen LogP contribution in [0, 0.1) is 0 Å². The molecule has 0 fully saturated rings. The van der Waals surface area contributed by atoms with Crippen LogP contribution in [-0.4, -0.2) is 34.0 Å². The number of anilines is 1. The van der Waals surface area contributed by atoms with E-state index in [-0.39, 0.29) is 4.90 Å². The van der Waals surface area contributed by atoms with Gasteiger partial charge in [-0.15, -0.1) is 0 Å². The minimum atomic E-state index is -3.73. The van der Waals surface area contributed by atoms with Gasteiger partial charge < -0.3 is 4.90 Å². The number of nitrogens with one attached hydrogen (secondary N) is 1. The van der Waals surface area contributed by atoms with Gasteiger partial charge in [0.1, 0.15) is 0 Å².